The number of anilines is 2. The van der Waals surface area contributed by atoms with Crippen molar-refractivity contribution in [2.75, 3.05) is 16.3 Å². The number of carbonyl (C=O) groups is 1. The lowest BCUT2D eigenvalue weighted by Gasteiger charge is -2.09. The number of sulfonamides is 1. The molecule has 1 amide bonds. The summed E-state index contributed by atoms with van der Waals surface area (Å²) in [6.07, 6.45) is 2.40. The van der Waals surface area contributed by atoms with Crippen LogP contribution in [0.1, 0.15) is 21.5 Å². The Kier molecular flexibility index (Phi) is 4.46. The van der Waals surface area contributed by atoms with Crippen LogP contribution in [0.15, 0.2) is 36.5 Å². The van der Waals surface area contributed by atoms with Gasteiger partial charge in [-0.05, 0) is 49.2 Å². The highest BCUT2D eigenvalue weighted by Gasteiger charge is 2.10. The van der Waals surface area contributed by atoms with Gasteiger partial charge in [0.2, 0.25) is 10.0 Å². The molecule has 0 saturated heterocycles. The van der Waals surface area contributed by atoms with Gasteiger partial charge in [0, 0.05) is 17.4 Å². The average Bonchev–Trinajstić information content (AvgIpc) is 2.41. The van der Waals surface area contributed by atoms with E-state index in [1.807, 2.05) is 32.0 Å². The number of carbonyl (C=O) groups excluding carboxylic acids is 1. The van der Waals surface area contributed by atoms with Gasteiger partial charge < -0.3 is 5.32 Å². The van der Waals surface area contributed by atoms with E-state index in [2.05, 4.69) is 15.0 Å². The van der Waals surface area contributed by atoms with E-state index in [1.165, 1.54) is 18.3 Å². The zero-order valence-electron chi connectivity index (χ0n) is 12.5. The molecule has 0 aliphatic rings. The van der Waals surface area contributed by atoms with E-state index in [9.17, 15) is 13.2 Å². The van der Waals surface area contributed by atoms with Crippen LogP contribution in [0.5, 0.6) is 0 Å². The normalized spacial score (nSPS) is 11.0. The molecule has 0 fully saturated rings. The maximum Gasteiger partial charge on any atom is 0.255 e. The maximum absolute atomic E-state index is 12.2. The van der Waals surface area contributed by atoms with Crippen molar-refractivity contribution in [2.45, 2.75) is 13.8 Å². The van der Waals surface area contributed by atoms with Crippen molar-refractivity contribution in [1.82, 2.24) is 4.98 Å². The van der Waals surface area contributed by atoms with Gasteiger partial charge in [-0.1, -0.05) is 6.07 Å². The van der Waals surface area contributed by atoms with Crippen LogP contribution in [0.4, 0.5) is 11.5 Å². The first kappa shape index (κ1) is 16.0. The van der Waals surface area contributed by atoms with E-state index < -0.39 is 10.0 Å². The molecule has 2 N–H and O–H groups in total. The minimum absolute atomic E-state index is 0.107. The van der Waals surface area contributed by atoms with Gasteiger partial charge in [-0.15, -0.1) is 0 Å². The summed E-state index contributed by atoms with van der Waals surface area (Å²) in [6, 6.07) is 8.52. The Morgan fingerprint density at radius 3 is 2.45 bits per heavy atom. The zero-order chi connectivity index (χ0) is 16.3. The van der Waals surface area contributed by atoms with Crippen LogP contribution in [0, 0.1) is 13.8 Å². The van der Waals surface area contributed by atoms with E-state index in [4.69, 9.17) is 0 Å². The predicted molar refractivity (Wildman–Crippen MR) is 86.6 cm³/mol. The lowest BCUT2D eigenvalue weighted by molar-refractivity contribution is 0.102. The van der Waals surface area contributed by atoms with Crippen LogP contribution in [-0.2, 0) is 10.0 Å². The van der Waals surface area contributed by atoms with E-state index in [0.717, 1.165) is 17.4 Å². The smallest absolute Gasteiger partial charge is 0.255 e. The van der Waals surface area contributed by atoms with Gasteiger partial charge in [-0.25, -0.2) is 13.4 Å². The SMILES string of the molecule is Cc1ccc(NC(=O)c2ccnc(NS(C)(=O)=O)c2)cc1C. The minimum atomic E-state index is -3.43. The van der Waals surface area contributed by atoms with Gasteiger partial charge in [0.1, 0.15) is 5.82 Å². The molecule has 1 aromatic carbocycles. The standard InChI is InChI=1S/C15H17N3O3S/c1-10-4-5-13(8-11(10)2)17-15(19)12-6-7-16-14(9-12)18-22(3,20)21/h4-9H,1-3H3,(H,16,18)(H,17,19). The van der Waals surface area contributed by atoms with Crippen molar-refractivity contribution in [1.29, 1.82) is 0 Å². The van der Waals surface area contributed by atoms with E-state index in [-0.39, 0.29) is 11.7 Å². The molecule has 0 spiro atoms. The Hall–Kier alpha value is -2.41. The highest BCUT2D eigenvalue weighted by Crippen LogP contribution is 2.16. The van der Waals surface area contributed by atoms with Crippen LogP contribution in [0.2, 0.25) is 0 Å². The van der Waals surface area contributed by atoms with Crippen molar-refractivity contribution in [2.24, 2.45) is 0 Å². The number of aromatic nitrogens is 1. The van der Waals surface area contributed by atoms with Crippen molar-refractivity contribution in [3.05, 3.63) is 53.2 Å². The highest BCUT2D eigenvalue weighted by atomic mass is 32.2. The third-order valence-electron chi connectivity index (χ3n) is 3.08. The summed E-state index contributed by atoms with van der Waals surface area (Å²) in [5.41, 5.74) is 3.22. The zero-order valence-corrected chi connectivity index (χ0v) is 13.4. The monoisotopic (exact) mass is 319 g/mol. The fourth-order valence-corrected chi connectivity index (χ4v) is 2.33. The highest BCUT2D eigenvalue weighted by molar-refractivity contribution is 7.92. The number of aryl methyl sites for hydroxylation is 2. The number of nitrogens with zero attached hydrogens (tertiary/aromatic N) is 1. The molecular weight excluding hydrogens is 302 g/mol. The molecule has 6 nitrogen and oxygen atoms in total. The number of amides is 1. The maximum atomic E-state index is 12.2. The molecule has 1 aromatic heterocycles. The number of benzene rings is 1. The summed E-state index contributed by atoms with van der Waals surface area (Å²) in [5.74, 6) is -0.225. The first-order chi connectivity index (χ1) is 10.2. The molecule has 0 bridgehead atoms. The molecule has 0 radical (unpaired) electrons. The van der Waals surface area contributed by atoms with Gasteiger partial charge >= 0.3 is 0 Å². The molecule has 116 valence electrons. The molecule has 7 heteroatoms. The third-order valence-corrected chi connectivity index (χ3v) is 3.66. The molecule has 0 saturated carbocycles. The number of hydrogen-bond acceptors (Lipinski definition) is 4. The number of rotatable bonds is 4. The largest absolute Gasteiger partial charge is 0.322 e. The lowest BCUT2D eigenvalue weighted by atomic mass is 10.1. The van der Waals surface area contributed by atoms with Crippen LogP contribution in [-0.4, -0.2) is 25.6 Å². The van der Waals surface area contributed by atoms with Crippen LogP contribution in [0.25, 0.3) is 0 Å². The Balaban J connectivity index is 2.19. The van der Waals surface area contributed by atoms with Gasteiger partial charge in [0.05, 0.1) is 6.26 Å². The summed E-state index contributed by atoms with van der Waals surface area (Å²) in [6.45, 7) is 3.96. The average molecular weight is 319 g/mol. The number of hydrogen-bond donors (Lipinski definition) is 2. The van der Waals surface area contributed by atoms with E-state index in [1.54, 1.807) is 0 Å². The molecule has 0 aliphatic carbocycles. The molecule has 1 heterocycles. The Morgan fingerprint density at radius 2 is 1.82 bits per heavy atom. The second kappa shape index (κ2) is 6.15. The molecule has 22 heavy (non-hydrogen) atoms. The molecule has 2 aromatic rings. The Bertz CT molecular complexity index is 817. The van der Waals surface area contributed by atoms with Crippen LogP contribution >= 0.6 is 0 Å². The van der Waals surface area contributed by atoms with Crippen LogP contribution in [0.3, 0.4) is 0 Å². The second-order valence-electron chi connectivity index (χ2n) is 5.06. The molecular formula is C15H17N3O3S. The summed E-state index contributed by atoms with van der Waals surface area (Å²) in [4.78, 5) is 16.1. The van der Waals surface area contributed by atoms with Crippen molar-refractivity contribution in [3.8, 4) is 0 Å². The molecule has 2 rings (SSSR count). The first-order valence-corrected chi connectivity index (χ1v) is 8.46. The Labute approximate surface area is 129 Å². The van der Waals surface area contributed by atoms with Gasteiger partial charge in [0.25, 0.3) is 5.91 Å². The quantitative estimate of drug-likeness (QED) is 0.905. The summed E-state index contributed by atoms with van der Waals surface area (Å²) >= 11 is 0. The first-order valence-electron chi connectivity index (χ1n) is 6.57. The van der Waals surface area contributed by atoms with Crippen molar-refractivity contribution >= 4 is 27.4 Å². The van der Waals surface area contributed by atoms with Crippen molar-refractivity contribution in [3.63, 3.8) is 0 Å². The minimum Gasteiger partial charge on any atom is -0.322 e. The molecule has 0 atom stereocenters. The third kappa shape index (κ3) is 4.29. The number of pyridine rings is 1. The fraction of sp³-hybridized carbons (Fsp3) is 0.200. The van der Waals surface area contributed by atoms with Gasteiger partial charge in [-0.2, -0.15) is 0 Å². The van der Waals surface area contributed by atoms with Gasteiger partial charge in [0.15, 0.2) is 0 Å². The van der Waals surface area contributed by atoms with Gasteiger partial charge in [-0.3, -0.25) is 9.52 Å². The fourth-order valence-electron chi connectivity index (χ4n) is 1.84. The predicted octanol–water partition coefficient (Wildman–Crippen LogP) is 2.32. The lowest BCUT2D eigenvalue weighted by Crippen LogP contribution is -2.14. The van der Waals surface area contributed by atoms with Crippen LogP contribution < -0.4 is 10.0 Å². The summed E-state index contributed by atoms with van der Waals surface area (Å²) in [5, 5.41) is 2.77. The number of nitrogens with one attached hydrogen (secondary N) is 2. The van der Waals surface area contributed by atoms with Crippen molar-refractivity contribution < 1.29 is 13.2 Å². The summed E-state index contributed by atoms with van der Waals surface area (Å²) in [7, 11) is -3.43. The summed E-state index contributed by atoms with van der Waals surface area (Å²) < 4.78 is 24.6. The van der Waals surface area contributed by atoms with E-state index >= 15 is 0 Å². The molecule has 0 unspecified atom stereocenters. The topological polar surface area (TPSA) is 88.2 Å². The second-order valence-corrected chi connectivity index (χ2v) is 6.81. The van der Waals surface area contributed by atoms with E-state index in [0.29, 0.717) is 11.3 Å². The Morgan fingerprint density at radius 1 is 1.09 bits per heavy atom. The molecule has 0 aliphatic heterocycles.